The van der Waals surface area contributed by atoms with Crippen molar-refractivity contribution in [1.82, 2.24) is 10.2 Å². The zero-order chi connectivity index (χ0) is 15.5. The highest BCUT2D eigenvalue weighted by molar-refractivity contribution is 6.34. The van der Waals surface area contributed by atoms with Crippen LogP contribution in [-0.4, -0.2) is 43.6 Å². The fraction of sp³-hybridized carbons (Fsp3) is 0.562. The Bertz CT molecular complexity index is 519. The van der Waals surface area contributed by atoms with Crippen LogP contribution in [0.25, 0.3) is 0 Å². The third-order valence-electron chi connectivity index (χ3n) is 4.57. The Kier molecular flexibility index (Phi) is 5.11. The summed E-state index contributed by atoms with van der Waals surface area (Å²) in [6.45, 7) is 3.85. The molecule has 2 fully saturated rings. The van der Waals surface area contributed by atoms with Crippen molar-refractivity contribution in [2.24, 2.45) is 11.8 Å². The molecule has 6 heteroatoms. The molecule has 0 spiro atoms. The predicted molar refractivity (Wildman–Crippen MR) is 87.6 cm³/mol. The van der Waals surface area contributed by atoms with E-state index in [-0.39, 0.29) is 12.5 Å². The molecule has 1 amide bonds. The molecule has 0 aromatic heterocycles. The second kappa shape index (κ2) is 7.07. The van der Waals surface area contributed by atoms with Gasteiger partial charge in [-0.1, -0.05) is 23.2 Å². The van der Waals surface area contributed by atoms with Crippen LogP contribution < -0.4 is 10.1 Å². The Balaban J connectivity index is 1.53. The largest absolute Gasteiger partial charge is 0.484 e. The molecule has 0 unspecified atom stereocenters. The molecule has 2 heterocycles. The van der Waals surface area contributed by atoms with E-state index in [0.29, 0.717) is 27.6 Å². The summed E-state index contributed by atoms with van der Waals surface area (Å²) in [5, 5.41) is 4.45. The van der Waals surface area contributed by atoms with Gasteiger partial charge in [0.15, 0.2) is 6.61 Å². The number of benzene rings is 1. The van der Waals surface area contributed by atoms with Crippen molar-refractivity contribution in [3.8, 4) is 5.75 Å². The van der Waals surface area contributed by atoms with Gasteiger partial charge in [0.1, 0.15) is 5.75 Å². The molecule has 0 radical (unpaired) electrons. The van der Waals surface area contributed by atoms with Gasteiger partial charge in [0.25, 0.3) is 5.91 Å². The van der Waals surface area contributed by atoms with Gasteiger partial charge < -0.3 is 15.0 Å². The highest BCUT2D eigenvalue weighted by Crippen LogP contribution is 2.27. The third-order valence-corrected chi connectivity index (χ3v) is 5.01. The summed E-state index contributed by atoms with van der Waals surface area (Å²) in [6.07, 6.45) is 2.15. The van der Waals surface area contributed by atoms with Gasteiger partial charge in [0.05, 0.1) is 0 Å². The van der Waals surface area contributed by atoms with E-state index in [2.05, 4.69) is 5.32 Å². The number of amides is 1. The van der Waals surface area contributed by atoms with E-state index in [4.69, 9.17) is 27.9 Å². The SMILES string of the molecule is O=C(COc1cc(Cl)cc(Cl)c1)N1CC[C@@H]2CNC[C@@H]2CC1. The molecule has 3 rings (SSSR count). The lowest BCUT2D eigenvalue weighted by atomic mass is 9.92. The van der Waals surface area contributed by atoms with Gasteiger partial charge in [-0.15, -0.1) is 0 Å². The van der Waals surface area contributed by atoms with Crippen LogP contribution in [0.1, 0.15) is 12.8 Å². The Morgan fingerprint density at radius 1 is 1.14 bits per heavy atom. The molecule has 0 aliphatic carbocycles. The number of carbonyl (C=O) groups is 1. The Labute approximate surface area is 140 Å². The normalized spacial score (nSPS) is 24.7. The van der Waals surface area contributed by atoms with E-state index in [1.165, 1.54) is 0 Å². The van der Waals surface area contributed by atoms with Crippen molar-refractivity contribution in [2.75, 3.05) is 32.8 Å². The number of halogens is 2. The summed E-state index contributed by atoms with van der Waals surface area (Å²) in [4.78, 5) is 14.3. The van der Waals surface area contributed by atoms with Gasteiger partial charge in [-0.25, -0.2) is 0 Å². The van der Waals surface area contributed by atoms with Gasteiger partial charge in [0.2, 0.25) is 0 Å². The van der Waals surface area contributed by atoms with Crippen molar-refractivity contribution in [2.45, 2.75) is 12.8 Å². The van der Waals surface area contributed by atoms with E-state index >= 15 is 0 Å². The molecule has 0 bridgehead atoms. The first-order valence-electron chi connectivity index (χ1n) is 7.69. The fourth-order valence-corrected chi connectivity index (χ4v) is 3.82. The maximum Gasteiger partial charge on any atom is 0.260 e. The van der Waals surface area contributed by atoms with E-state index in [1.807, 2.05) is 4.90 Å². The van der Waals surface area contributed by atoms with Crippen molar-refractivity contribution >= 4 is 29.1 Å². The van der Waals surface area contributed by atoms with Gasteiger partial charge in [-0.2, -0.15) is 0 Å². The first-order valence-corrected chi connectivity index (χ1v) is 8.45. The molecule has 1 N–H and O–H groups in total. The van der Waals surface area contributed by atoms with E-state index in [0.717, 1.165) is 39.0 Å². The fourth-order valence-electron chi connectivity index (χ4n) is 3.32. The minimum absolute atomic E-state index is 0.0315. The summed E-state index contributed by atoms with van der Waals surface area (Å²) < 4.78 is 5.55. The average Bonchev–Trinajstić information content (AvgIpc) is 2.82. The van der Waals surface area contributed by atoms with Crippen LogP contribution in [0.15, 0.2) is 18.2 Å². The molecule has 1 aromatic carbocycles. The highest BCUT2D eigenvalue weighted by Gasteiger charge is 2.31. The zero-order valence-electron chi connectivity index (χ0n) is 12.4. The minimum atomic E-state index is 0.0315. The first-order chi connectivity index (χ1) is 10.6. The maximum atomic E-state index is 12.3. The quantitative estimate of drug-likeness (QED) is 0.918. The number of nitrogens with one attached hydrogen (secondary N) is 1. The average molecular weight is 343 g/mol. The molecule has 2 atom stereocenters. The summed E-state index contributed by atoms with van der Waals surface area (Å²) in [7, 11) is 0. The first kappa shape index (κ1) is 15.9. The molecular formula is C16H20Cl2N2O2. The van der Waals surface area contributed by atoms with Crippen LogP contribution in [-0.2, 0) is 4.79 Å². The van der Waals surface area contributed by atoms with E-state index < -0.39 is 0 Å². The molecule has 1 aromatic rings. The van der Waals surface area contributed by atoms with Crippen molar-refractivity contribution < 1.29 is 9.53 Å². The number of likely N-dealkylation sites (tertiary alicyclic amines) is 1. The Morgan fingerprint density at radius 2 is 1.73 bits per heavy atom. The monoisotopic (exact) mass is 342 g/mol. The number of carbonyl (C=O) groups excluding carboxylic acids is 1. The Hall–Kier alpha value is -0.970. The second-order valence-corrected chi connectivity index (χ2v) is 6.90. The lowest BCUT2D eigenvalue weighted by Crippen LogP contribution is -2.36. The van der Waals surface area contributed by atoms with Gasteiger partial charge in [-0.3, -0.25) is 4.79 Å². The zero-order valence-corrected chi connectivity index (χ0v) is 13.9. The molecule has 0 saturated carbocycles. The maximum absolute atomic E-state index is 12.3. The molecule has 2 aliphatic rings. The van der Waals surface area contributed by atoms with Crippen molar-refractivity contribution in [3.05, 3.63) is 28.2 Å². The summed E-state index contributed by atoms with van der Waals surface area (Å²) in [5.74, 6) is 1.99. The molecule has 4 nitrogen and oxygen atoms in total. The van der Waals surface area contributed by atoms with Crippen LogP contribution in [0.5, 0.6) is 5.75 Å². The summed E-state index contributed by atoms with van der Waals surface area (Å²) >= 11 is 11.8. The molecule has 120 valence electrons. The van der Waals surface area contributed by atoms with Crippen LogP contribution in [0, 0.1) is 11.8 Å². The third kappa shape index (κ3) is 3.86. The number of rotatable bonds is 3. The molecule has 2 aliphatic heterocycles. The lowest BCUT2D eigenvalue weighted by molar-refractivity contribution is -0.133. The Morgan fingerprint density at radius 3 is 2.32 bits per heavy atom. The lowest BCUT2D eigenvalue weighted by Gasteiger charge is -2.21. The van der Waals surface area contributed by atoms with Crippen LogP contribution in [0.3, 0.4) is 0 Å². The van der Waals surface area contributed by atoms with Gasteiger partial charge in [-0.05, 0) is 56.0 Å². The topological polar surface area (TPSA) is 41.6 Å². The number of fused-ring (bicyclic) bond motifs is 1. The summed E-state index contributed by atoms with van der Waals surface area (Å²) in [5.41, 5.74) is 0. The standard InChI is InChI=1S/C16H20Cl2N2O2/c17-13-5-14(18)7-15(6-13)22-10-16(21)20-3-1-11-8-19-9-12(11)2-4-20/h5-7,11-12,19H,1-4,8-10H2/t11-,12+. The predicted octanol–water partition coefficient (Wildman–Crippen LogP) is 2.83. The van der Waals surface area contributed by atoms with E-state index in [1.54, 1.807) is 18.2 Å². The van der Waals surface area contributed by atoms with Crippen LogP contribution in [0.4, 0.5) is 0 Å². The number of ether oxygens (including phenoxy) is 1. The summed E-state index contributed by atoms with van der Waals surface area (Å²) in [6, 6.07) is 4.97. The van der Waals surface area contributed by atoms with E-state index in [9.17, 15) is 4.79 Å². The van der Waals surface area contributed by atoms with Gasteiger partial charge in [0, 0.05) is 23.1 Å². The number of nitrogens with zero attached hydrogens (tertiary/aromatic N) is 1. The molecule has 2 saturated heterocycles. The second-order valence-electron chi connectivity index (χ2n) is 6.03. The molecule has 22 heavy (non-hydrogen) atoms. The highest BCUT2D eigenvalue weighted by atomic mass is 35.5. The number of hydrogen-bond donors (Lipinski definition) is 1. The smallest absolute Gasteiger partial charge is 0.260 e. The van der Waals surface area contributed by atoms with Gasteiger partial charge >= 0.3 is 0 Å². The molecular weight excluding hydrogens is 323 g/mol. The van der Waals surface area contributed by atoms with Crippen molar-refractivity contribution in [3.63, 3.8) is 0 Å². The van der Waals surface area contributed by atoms with Crippen LogP contribution in [0.2, 0.25) is 10.0 Å². The minimum Gasteiger partial charge on any atom is -0.484 e. The van der Waals surface area contributed by atoms with Crippen molar-refractivity contribution in [1.29, 1.82) is 0 Å². The van der Waals surface area contributed by atoms with Crippen LogP contribution >= 0.6 is 23.2 Å². The number of hydrogen-bond acceptors (Lipinski definition) is 3.